The summed E-state index contributed by atoms with van der Waals surface area (Å²) in [5.41, 5.74) is 2.35. The van der Waals surface area contributed by atoms with Crippen LogP contribution in [0, 0.1) is 6.92 Å². The first-order chi connectivity index (χ1) is 15.6. The standard InChI is InChI=1S/C25H19ClN4O2/c1-17-7-9-19(10-8-17)23-22(18-11-13-21(26)14-12-18)25(32-29-23,30-16-27-15-28-30)24(31)20-5-3-2-4-6-20/h2-16,22H,1H3. The van der Waals surface area contributed by atoms with Crippen molar-refractivity contribution in [3.05, 3.63) is 119 Å². The normalized spacial score (nSPS) is 19.9. The molecule has 0 radical (unpaired) electrons. The molecule has 0 amide bonds. The molecule has 5 rings (SSSR count). The molecule has 0 N–H and O–H groups in total. The molecule has 2 unspecified atom stereocenters. The van der Waals surface area contributed by atoms with Gasteiger partial charge in [0.1, 0.15) is 24.3 Å². The molecule has 1 aliphatic rings. The summed E-state index contributed by atoms with van der Waals surface area (Å²) < 4.78 is 1.45. The Kier molecular flexibility index (Phi) is 5.07. The van der Waals surface area contributed by atoms with Gasteiger partial charge in [0.15, 0.2) is 0 Å². The molecule has 158 valence electrons. The maximum atomic E-state index is 14.0. The van der Waals surface area contributed by atoms with Gasteiger partial charge in [0.2, 0.25) is 5.78 Å². The molecular weight excluding hydrogens is 424 g/mol. The van der Waals surface area contributed by atoms with E-state index in [1.807, 2.05) is 61.5 Å². The Morgan fingerprint density at radius 3 is 2.38 bits per heavy atom. The number of ketones is 1. The average molecular weight is 443 g/mol. The van der Waals surface area contributed by atoms with Gasteiger partial charge in [-0.3, -0.25) is 4.79 Å². The van der Waals surface area contributed by atoms with E-state index in [1.54, 1.807) is 24.3 Å². The molecule has 0 fully saturated rings. The summed E-state index contributed by atoms with van der Waals surface area (Å²) >= 11 is 6.16. The molecule has 1 aromatic heterocycles. The summed E-state index contributed by atoms with van der Waals surface area (Å²) in [4.78, 5) is 24.2. The molecule has 0 spiro atoms. The number of oxime groups is 1. The minimum Gasteiger partial charge on any atom is -0.355 e. The third kappa shape index (κ3) is 3.29. The van der Waals surface area contributed by atoms with Crippen LogP contribution in [-0.2, 0) is 10.6 Å². The molecule has 1 aliphatic heterocycles. The summed E-state index contributed by atoms with van der Waals surface area (Å²) in [6, 6.07) is 24.3. The Labute approximate surface area is 190 Å². The summed E-state index contributed by atoms with van der Waals surface area (Å²) in [5.74, 6) is -0.855. The second kappa shape index (κ2) is 8.05. The summed E-state index contributed by atoms with van der Waals surface area (Å²) in [7, 11) is 0. The van der Waals surface area contributed by atoms with Crippen LogP contribution in [0.3, 0.4) is 0 Å². The highest BCUT2D eigenvalue weighted by atomic mass is 35.5. The Morgan fingerprint density at radius 1 is 1.00 bits per heavy atom. The molecule has 0 saturated carbocycles. The van der Waals surface area contributed by atoms with Gasteiger partial charge in [-0.15, -0.1) is 0 Å². The molecule has 0 bridgehead atoms. The summed E-state index contributed by atoms with van der Waals surface area (Å²) in [6.45, 7) is 2.02. The second-order valence-electron chi connectivity index (χ2n) is 7.65. The first-order valence-corrected chi connectivity index (χ1v) is 10.5. The quantitative estimate of drug-likeness (QED) is 0.408. The Balaban J connectivity index is 1.74. The average Bonchev–Trinajstić information content (AvgIpc) is 3.49. The number of hydrogen-bond donors (Lipinski definition) is 0. The van der Waals surface area contributed by atoms with Gasteiger partial charge in [0.25, 0.3) is 0 Å². The number of rotatable bonds is 5. The number of nitrogens with zero attached hydrogens (tertiary/aromatic N) is 4. The molecule has 6 nitrogen and oxygen atoms in total. The van der Waals surface area contributed by atoms with E-state index >= 15 is 0 Å². The van der Waals surface area contributed by atoms with E-state index in [4.69, 9.17) is 16.4 Å². The van der Waals surface area contributed by atoms with Gasteiger partial charge >= 0.3 is 5.72 Å². The van der Waals surface area contributed by atoms with E-state index < -0.39 is 11.6 Å². The van der Waals surface area contributed by atoms with E-state index in [2.05, 4.69) is 15.2 Å². The first kappa shape index (κ1) is 20.2. The molecular formula is C25H19ClN4O2. The molecule has 32 heavy (non-hydrogen) atoms. The zero-order valence-corrected chi connectivity index (χ0v) is 18.0. The maximum absolute atomic E-state index is 14.0. The number of aromatic nitrogens is 3. The number of hydrogen-bond acceptors (Lipinski definition) is 5. The van der Waals surface area contributed by atoms with Crippen molar-refractivity contribution in [2.45, 2.75) is 18.6 Å². The predicted octanol–water partition coefficient (Wildman–Crippen LogP) is 4.99. The molecule has 3 aromatic carbocycles. The van der Waals surface area contributed by atoms with Crippen LogP contribution in [0.15, 0.2) is 96.7 Å². The van der Waals surface area contributed by atoms with Crippen molar-refractivity contribution in [1.29, 1.82) is 0 Å². The number of carbonyl (C=O) groups is 1. The number of halogens is 1. The SMILES string of the molecule is Cc1ccc(C2=NOC(C(=O)c3ccccc3)(n3cncn3)C2c2ccc(Cl)cc2)cc1. The van der Waals surface area contributed by atoms with Crippen molar-refractivity contribution >= 4 is 23.1 Å². The van der Waals surface area contributed by atoms with Crippen LogP contribution < -0.4 is 0 Å². The third-order valence-corrected chi connectivity index (χ3v) is 5.87. The van der Waals surface area contributed by atoms with Crippen molar-refractivity contribution in [3.63, 3.8) is 0 Å². The van der Waals surface area contributed by atoms with Crippen molar-refractivity contribution < 1.29 is 9.63 Å². The van der Waals surface area contributed by atoms with E-state index in [0.717, 1.165) is 16.7 Å². The first-order valence-electron chi connectivity index (χ1n) is 10.1. The highest BCUT2D eigenvalue weighted by Crippen LogP contribution is 2.45. The monoisotopic (exact) mass is 442 g/mol. The lowest BCUT2D eigenvalue weighted by atomic mass is 9.78. The van der Waals surface area contributed by atoms with Crippen LogP contribution in [0.4, 0.5) is 0 Å². The fourth-order valence-corrected chi connectivity index (χ4v) is 4.14. The third-order valence-electron chi connectivity index (χ3n) is 5.62. The molecule has 4 aromatic rings. The summed E-state index contributed by atoms with van der Waals surface area (Å²) in [5, 5.41) is 9.36. The number of Topliss-reactive ketones (excluding diaryl/α,β-unsaturated/α-hetero) is 1. The van der Waals surface area contributed by atoms with E-state index in [9.17, 15) is 4.79 Å². The van der Waals surface area contributed by atoms with Gasteiger partial charge in [-0.1, -0.05) is 89.1 Å². The number of benzene rings is 3. The van der Waals surface area contributed by atoms with E-state index in [0.29, 0.717) is 16.3 Å². The van der Waals surface area contributed by atoms with Gasteiger partial charge < -0.3 is 4.84 Å². The topological polar surface area (TPSA) is 69.4 Å². The fourth-order valence-electron chi connectivity index (χ4n) is 4.02. The molecule has 2 heterocycles. The predicted molar refractivity (Wildman–Crippen MR) is 122 cm³/mol. The van der Waals surface area contributed by atoms with Crippen LogP contribution >= 0.6 is 11.6 Å². The number of carbonyl (C=O) groups excluding carboxylic acids is 1. The van der Waals surface area contributed by atoms with Crippen molar-refractivity contribution in [2.24, 2.45) is 5.16 Å². The lowest BCUT2D eigenvalue weighted by Crippen LogP contribution is -2.48. The van der Waals surface area contributed by atoms with Crippen LogP contribution in [0.1, 0.15) is 33.0 Å². The van der Waals surface area contributed by atoms with Gasteiger partial charge in [0.05, 0.1) is 0 Å². The molecule has 0 aliphatic carbocycles. The zero-order valence-electron chi connectivity index (χ0n) is 17.2. The van der Waals surface area contributed by atoms with Crippen LogP contribution in [0.2, 0.25) is 5.02 Å². The summed E-state index contributed by atoms with van der Waals surface area (Å²) in [6.07, 6.45) is 2.86. The minimum atomic E-state index is -1.58. The molecule has 7 heteroatoms. The zero-order chi connectivity index (χ0) is 22.1. The smallest absolute Gasteiger partial charge is 0.305 e. The minimum absolute atomic E-state index is 0.269. The number of aryl methyl sites for hydroxylation is 1. The van der Waals surface area contributed by atoms with Gasteiger partial charge in [-0.05, 0) is 24.6 Å². The Bertz CT molecular complexity index is 1270. The van der Waals surface area contributed by atoms with Crippen molar-refractivity contribution in [3.8, 4) is 0 Å². The Hall–Kier alpha value is -3.77. The largest absolute Gasteiger partial charge is 0.355 e. The second-order valence-corrected chi connectivity index (χ2v) is 8.09. The lowest BCUT2D eigenvalue weighted by molar-refractivity contribution is -0.0711. The van der Waals surface area contributed by atoms with E-state index in [1.165, 1.54) is 17.3 Å². The van der Waals surface area contributed by atoms with Crippen LogP contribution in [-0.4, -0.2) is 26.3 Å². The highest BCUT2D eigenvalue weighted by Gasteiger charge is 2.58. The Morgan fingerprint density at radius 2 is 1.72 bits per heavy atom. The molecule has 2 atom stereocenters. The van der Waals surface area contributed by atoms with Gasteiger partial charge in [0, 0.05) is 16.1 Å². The lowest BCUT2D eigenvalue weighted by Gasteiger charge is -2.32. The van der Waals surface area contributed by atoms with Gasteiger partial charge in [-0.25, -0.2) is 9.67 Å². The van der Waals surface area contributed by atoms with E-state index in [-0.39, 0.29) is 5.78 Å². The van der Waals surface area contributed by atoms with Crippen LogP contribution in [0.5, 0.6) is 0 Å². The fraction of sp³-hybridized carbons (Fsp3) is 0.120. The maximum Gasteiger partial charge on any atom is 0.305 e. The van der Waals surface area contributed by atoms with Crippen LogP contribution in [0.25, 0.3) is 0 Å². The highest BCUT2D eigenvalue weighted by molar-refractivity contribution is 6.30. The molecule has 0 saturated heterocycles. The van der Waals surface area contributed by atoms with Crippen molar-refractivity contribution in [2.75, 3.05) is 0 Å². The van der Waals surface area contributed by atoms with Crippen molar-refractivity contribution in [1.82, 2.24) is 14.8 Å². The van der Waals surface area contributed by atoms with Gasteiger partial charge in [-0.2, -0.15) is 5.10 Å².